The van der Waals surface area contributed by atoms with Crippen LogP contribution in [0.3, 0.4) is 0 Å². The number of fused-ring (bicyclic) bond motifs is 1. The van der Waals surface area contributed by atoms with Gasteiger partial charge in [-0.3, -0.25) is 0 Å². The van der Waals surface area contributed by atoms with E-state index < -0.39 is 19.9 Å². The summed E-state index contributed by atoms with van der Waals surface area (Å²) in [6.45, 7) is 11.9. The molecule has 5 aromatic rings. The van der Waals surface area contributed by atoms with E-state index in [1.807, 2.05) is 42.8 Å². The van der Waals surface area contributed by atoms with Gasteiger partial charge in [0.25, 0.3) is 0 Å². The number of alkyl halides is 3. The van der Waals surface area contributed by atoms with Crippen molar-refractivity contribution in [2.75, 3.05) is 6.61 Å². The molecule has 0 unspecified atom stereocenters. The van der Waals surface area contributed by atoms with E-state index >= 15 is 0 Å². The van der Waals surface area contributed by atoms with Crippen LogP contribution in [0.15, 0.2) is 48.9 Å². The fourth-order valence-corrected chi connectivity index (χ4v) is 5.30. The Morgan fingerprint density at radius 2 is 1.74 bits per heavy atom. The molecule has 0 spiro atoms. The van der Waals surface area contributed by atoms with Crippen molar-refractivity contribution in [3.8, 4) is 22.9 Å². The van der Waals surface area contributed by atoms with E-state index in [0.29, 0.717) is 48.1 Å². The molecule has 0 saturated heterocycles. The summed E-state index contributed by atoms with van der Waals surface area (Å²) in [6, 6.07) is 9.97. The normalized spacial score (nSPS) is 12.6. The van der Waals surface area contributed by atoms with Crippen LogP contribution in [0.25, 0.3) is 34.1 Å². The Hall–Kier alpha value is -3.55. The Balaban J connectivity index is 1.43. The molecular formula is C28H32ClF3N8OSi. The van der Waals surface area contributed by atoms with Crippen LogP contribution in [0.4, 0.5) is 13.2 Å². The molecule has 14 heteroatoms. The maximum atomic E-state index is 13.4. The number of hydrogen-bond acceptors (Lipinski definition) is 6. The van der Waals surface area contributed by atoms with Crippen LogP contribution in [-0.4, -0.2) is 53.5 Å². The fourth-order valence-electron chi connectivity index (χ4n) is 4.41. The van der Waals surface area contributed by atoms with Gasteiger partial charge in [-0.25, -0.2) is 19.6 Å². The molecule has 0 amide bonds. The molecule has 0 fully saturated rings. The van der Waals surface area contributed by atoms with Crippen molar-refractivity contribution >= 4 is 30.8 Å². The summed E-state index contributed by atoms with van der Waals surface area (Å²) in [5.74, 6) is 0.839. The van der Waals surface area contributed by atoms with Gasteiger partial charge in [0.15, 0.2) is 17.2 Å². The third-order valence-electron chi connectivity index (χ3n) is 6.68. The van der Waals surface area contributed by atoms with Crippen LogP contribution in [-0.2, 0) is 24.2 Å². The summed E-state index contributed by atoms with van der Waals surface area (Å²) in [6.07, 6.45) is -0.0665. The second-order valence-corrected chi connectivity index (χ2v) is 17.6. The van der Waals surface area contributed by atoms with Crippen LogP contribution in [0, 0.1) is 0 Å². The molecule has 0 saturated carbocycles. The SMILES string of the molecule is CC(C)n1cc(C(F)(F)F)nc1-c1ccc(Cn2c(-c3ccn(COCC[Si](C)(C)C)n3)nc3cnc(Cl)nc32)cc1. The number of ether oxygens (including phenoxy) is 1. The highest BCUT2D eigenvalue weighted by atomic mass is 35.5. The monoisotopic (exact) mass is 616 g/mol. The summed E-state index contributed by atoms with van der Waals surface area (Å²) in [7, 11) is -1.19. The van der Waals surface area contributed by atoms with Crippen molar-refractivity contribution in [2.45, 2.75) is 65.0 Å². The molecule has 9 nitrogen and oxygen atoms in total. The number of nitrogens with zero attached hydrogens (tertiary/aromatic N) is 8. The number of benzene rings is 1. The van der Waals surface area contributed by atoms with Crippen molar-refractivity contribution in [3.05, 3.63) is 65.5 Å². The summed E-state index contributed by atoms with van der Waals surface area (Å²) in [5, 5.41) is 4.76. The lowest BCUT2D eigenvalue weighted by atomic mass is 10.1. The fraction of sp³-hybridized carbons (Fsp3) is 0.393. The van der Waals surface area contributed by atoms with E-state index in [0.717, 1.165) is 17.8 Å². The minimum atomic E-state index is -4.52. The maximum Gasteiger partial charge on any atom is 0.434 e. The maximum absolute atomic E-state index is 13.4. The molecule has 0 atom stereocenters. The standard InChI is InChI=1S/C28H32ClF3N8OSi/c1-18(2)39-16-23(28(30,31)32)35-24(39)20-8-6-19(7-9-20)15-40-25(34-22-14-33-27(29)36-26(22)40)21-10-11-38(37-21)17-41-12-13-42(3,4)5/h6-11,14,16,18H,12-13,15,17H2,1-5H3. The van der Waals surface area contributed by atoms with Gasteiger partial charge in [-0.15, -0.1) is 0 Å². The molecule has 4 heterocycles. The molecule has 0 aliphatic heterocycles. The Bertz CT molecular complexity index is 1690. The van der Waals surface area contributed by atoms with Gasteiger partial charge >= 0.3 is 6.18 Å². The Kier molecular flexibility index (Phi) is 8.27. The first-order valence-electron chi connectivity index (χ1n) is 13.5. The smallest absolute Gasteiger partial charge is 0.360 e. The van der Waals surface area contributed by atoms with Gasteiger partial charge in [-0.05, 0) is 43.1 Å². The lowest BCUT2D eigenvalue weighted by molar-refractivity contribution is -0.140. The van der Waals surface area contributed by atoms with Gasteiger partial charge in [0.2, 0.25) is 5.28 Å². The number of hydrogen-bond donors (Lipinski definition) is 0. The highest BCUT2D eigenvalue weighted by Crippen LogP contribution is 2.33. The number of rotatable bonds is 10. The summed E-state index contributed by atoms with van der Waals surface area (Å²) >= 11 is 6.13. The van der Waals surface area contributed by atoms with E-state index in [1.54, 1.807) is 23.0 Å². The number of aromatic nitrogens is 8. The van der Waals surface area contributed by atoms with Crippen LogP contribution in [0.5, 0.6) is 0 Å². The lowest BCUT2D eigenvalue weighted by Gasteiger charge is -2.15. The van der Waals surface area contributed by atoms with Crippen molar-refractivity contribution in [2.24, 2.45) is 0 Å². The van der Waals surface area contributed by atoms with E-state index in [9.17, 15) is 13.2 Å². The zero-order valence-electron chi connectivity index (χ0n) is 24.0. The molecule has 0 aliphatic carbocycles. The first-order valence-corrected chi connectivity index (χ1v) is 17.6. The van der Waals surface area contributed by atoms with Gasteiger partial charge in [-0.2, -0.15) is 23.3 Å². The quantitative estimate of drug-likeness (QED) is 0.0939. The lowest BCUT2D eigenvalue weighted by Crippen LogP contribution is -2.22. The summed E-state index contributed by atoms with van der Waals surface area (Å²) in [5.41, 5.74) is 2.28. The van der Waals surface area contributed by atoms with Crippen molar-refractivity contribution in [3.63, 3.8) is 0 Å². The molecule has 0 bridgehead atoms. The molecule has 1 aromatic carbocycles. The van der Waals surface area contributed by atoms with Crippen LogP contribution >= 0.6 is 11.6 Å². The Morgan fingerprint density at radius 3 is 2.40 bits per heavy atom. The predicted octanol–water partition coefficient (Wildman–Crippen LogP) is 7.17. The minimum absolute atomic E-state index is 0.0906. The second kappa shape index (κ2) is 11.6. The third kappa shape index (κ3) is 6.74. The van der Waals surface area contributed by atoms with E-state index in [-0.39, 0.29) is 17.1 Å². The second-order valence-electron chi connectivity index (χ2n) is 11.6. The molecule has 222 valence electrons. The molecule has 0 radical (unpaired) electrons. The van der Waals surface area contributed by atoms with Gasteiger partial charge in [0.05, 0.1) is 12.7 Å². The van der Waals surface area contributed by atoms with Crippen LogP contribution in [0.2, 0.25) is 31.0 Å². The molecule has 4 aromatic heterocycles. The molecular weight excluding hydrogens is 585 g/mol. The van der Waals surface area contributed by atoms with Crippen molar-refractivity contribution in [1.29, 1.82) is 0 Å². The highest BCUT2D eigenvalue weighted by Gasteiger charge is 2.35. The van der Waals surface area contributed by atoms with E-state index in [4.69, 9.17) is 21.3 Å². The topological polar surface area (TPSA) is 88.5 Å². The zero-order chi connectivity index (χ0) is 30.2. The Morgan fingerprint density at radius 1 is 1.00 bits per heavy atom. The van der Waals surface area contributed by atoms with Gasteiger partial charge in [0.1, 0.15) is 23.8 Å². The van der Waals surface area contributed by atoms with Crippen LogP contribution in [0.1, 0.15) is 31.1 Å². The zero-order valence-corrected chi connectivity index (χ0v) is 25.8. The highest BCUT2D eigenvalue weighted by molar-refractivity contribution is 6.76. The predicted molar refractivity (Wildman–Crippen MR) is 158 cm³/mol. The van der Waals surface area contributed by atoms with Gasteiger partial charge in [-0.1, -0.05) is 43.9 Å². The summed E-state index contributed by atoms with van der Waals surface area (Å²) in [4.78, 5) is 17.1. The third-order valence-corrected chi connectivity index (χ3v) is 8.57. The molecule has 42 heavy (non-hydrogen) atoms. The molecule has 0 N–H and O–H groups in total. The number of halogens is 4. The summed E-state index contributed by atoms with van der Waals surface area (Å²) < 4.78 is 51.1. The number of imidazole rings is 2. The Labute approximate surface area is 247 Å². The first kappa shape index (κ1) is 29.9. The van der Waals surface area contributed by atoms with Crippen LogP contribution < -0.4 is 0 Å². The largest absolute Gasteiger partial charge is 0.434 e. The van der Waals surface area contributed by atoms with Crippen molar-refractivity contribution in [1.82, 2.24) is 38.9 Å². The minimum Gasteiger partial charge on any atom is -0.360 e. The first-order chi connectivity index (χ1) is 19.8. The van der Waals surface area contributed by atoms with E-state index in [1.165, 1.54) is 4.57 Å². The van der Waals surface area contributed by atoms with Gasteiger partial charge < -0.3 is 13.9 Å². The molecule has 0 aliphatic rings. The molecule has 5 rings (SSSR count). The average Bonchev–Trinajstić information content (AvgIpc) is 3.64. The van der Waals surface area contributed by atoms with E-state index in [2.05, 4.69) is 39.7 Å². The van der Waals surface area contributed by atoms with Gasteiger partial charge in [0, 0.05) is 38.7 Å². The van der Waals surface area contributed by atoms with Crippen molar-refractivity contribution < 1.29 is 17.9 Å². The average molecular weight is 617 g/mol.